The Morgan fingerprint density at radius 2 is 2.21 bits per heavy atom. The topological polar surface area (TPSA) is 61.1 Å². The zero-order chi connectivity index (χ0) is 13.6. The van der Waals surface area contributed by atoms with Crippen molar-refractivity contribution in [3.05, 3.63) is 39.1 Å². The Morgan fingerprint density at radius 3 is 2.84 bits per heavy atom. The third-order valence-corrected chi connectivity index (χ3v) is 5.26. The van der Waals surface area contributed by atoms with E-state index in [0.717, 1.165) is 26.5 Å². The Morgan fingerprint density at radius 1 is 1.42 bits per heavy atom. The second-order valence-electron chi connectivity index (χ2n) is 4.14. The molecule has 0 bridgehead atoms. The first-order chi connectivity index (χ1) is 9.19. The zero-order valence-electron chi connectivity index (χ0n) is 10.1. The van der Waals surface area contributed by atoms with Gasteiger partial charge in [0, 0.05) is 27.7 Å². The molecule has 1 aliphatic carbocycles. The van der Waals surface area contributed by atoms with Crippen LogP contribution in [0.5, 0.6) is 0 Å². The number of aromatic carboxylic acids is 1. The maximum atomic E-state index is 11.3. The van der Waals surface area contributed by atoms with Crippen molar-refractivity contribution in [3.63, 3.8) is 0 Å². The lowest BCUT2D eigenvalue weighted by molar-refractivity contribution is 0.0697. The summed E-state index contributed by atoms with van der Waals surface area (Å²) in [6, 6.07) is 4.19. The van der Waals surface area contributed by atoms with Crippen LogP contribution in [-0.4, -0.2) is 11.1 Å². The monoisotopic (exact) mass is 287 g/mol. The van der Waals surface area contributed by atoms with Crippen molar-refractivity contribution in [3.8, 4) is 15.8 Å². The molecule has 2 heterocycles. The van der Waals surface area contributed by atoms with E-state index in [9.17, 15) is 15.2 Å². The van der Waals surface area contributed by atoms with Crippen LogP contribution in [-0.2, 0) is 0 Å². The summed E-state index contributed by atoms with van der Waals surface area (Å²) in [6.45, 7) is 1.92. The van der Waals surface area contributed by atoms with Gasteiger partial charge in [0.25, 0.3) is 0 Å². The van der Waals surface area contributed by atoms with Crippen molar-refractivity contribution in [1.82, 2.24) is 0 Å². The average molecular weight is 287 g/mol. The first kappa shape index (κ1) is 12.2. The van der Waals surface area contributed by atoms with Gasteiger partial charge in [-0.3, -0.25) is 0 Å². The van der Waals surface area contributed by atoms with Gasteiger partial charge < -0.3 is 5.11 Å². The van der Waals surface area contributed by atoms with Crippen LogP contribution in [0.1, 0.15) is 34.8 Å². The fraction of sp³-hybridized carbons (Fsp3) is 0.143. The predicted octanol–water partition coefficient (Wildman–Crippen LogP) is 4.22. The highest BCUT2D eigenvalue weighted by Crippen LogP contribution is 2.52. The molecular weight excluding hydrogens is 278 g/mol. The Balaban J connectivity index is 2.41. The molecule has 1 N–H and O–H groups in total. The molecular formula is C14H9NO2S2. The summed E-state index contributed by atoms with van der Waals surface area (Å²) in [5.41, 5.74) is 3.51. The van der Waals surface area contributed by atoms with E-state index in [0.29, 0.717) is 17.6 Å². The van der Waals surface area contributed by atoms with Crippen molar-refractivity contribution < 1.29 is 9.90 Å². The number of fused-ring (bicyclic) bond motifs is 3. The molecule has 0 aromatic carbocycles. The third-order valence-electron chi connectivity index (χ3n) is 3.20. The van der Waals surface area contributed by atoms with E-state index in [-0.39, 0.29) is 0 Å². The minimum absolute atomic E-state index is 0.305. The maximum absolute atomic E-state index is 11.3. The Labute approximate surface area is 118 Å². The molecule has 94 valence electrons. The van der Waals surface area contributed by atoms with E-state index in [1.165, 1.54) is 11.3 Å². The van der Waals surface area contributed by atoms with Crippen LogP contribution in [0.25, 0.3) is 15.3 Å². The Bertz CT molecular complexity index is 759. The molecule has 3 nitrogen and oxygen atoms in total. The molecule has 0 amide bonds. The summed E-state index contributed by atoms with van der Waals surface area (Å²) in [5, 5.41) is 22.2. The second kappa shape index (κ2) is 4.34. The van der Waals surface area contributed by atoms with E-state index in [2.05, 4.69) is 6.07 Å². The molecule has 0 aliphatic heterocycles. The molecule has 2 aromatic rings. The van der Waals surface area contributed by atoms with E-state index in [1.807, 2.05) is 18.4 Å². The van der Waals surface area contributed by atoms with Crippen LogP contribution >= 0.6 is 22.7 Å². The van der Waals surface area contributed by atoms with Crippen LogP contribution in [0.2, 0.25) is 0 Å². The molecule has 1 aliphatic rings. The minimum Gasteiger partial charge on any atom is -0.478 e. The number of rotatable bonds is 2. The predicted molar refractivity (Wildman–Crippen MR) is 76.5 cm³/mol. The van der Waals surface area contributed by atoms with Gasteiger partial charge in [0.15, 0.2) is 0 Å². The number of nitrogens with zero attached hydrogens (tertiary/aromatic N) is 1. The normalized spacial score (nSPS) is 14.7. The van der Waals surface area contributed by atoms with Crippen LogP contribution in [0, 0.1) is 11.3 Å². The Hall–Kier alpha value is -1.90. The van der Waals surface area contributed by atoms with Gasteiger partial charge in [-0.15, -0.1) is 22.7 Å². The summed E-state index contributed by atoms with van der Waals surface area (Å²) < 4.78 is 0. The second-order valence-corrected chi connectivity index (χ2v) is 5.94. The van der Waals surface area contributed by atoms with Gasteiger partial charge in [0.1, 0.15) is 0 Å². The SMILES string of the molecule is CCC(C#N)=C1c2ccsc2-c2scc(C(=O)O)c21. The summed E-state index contributed by atoms with van der Waals surface area (Å²) in [6.07, 6.45) is 0.607. The highest BCUT2D eigenvalue weighted by atomic mass is 32.1. The van der Waals surface area contributed by atoms with E-state index >= 15 is 0 Å². The highest BCUT2D eigenvalue weighted by Gasteiger charge is 2.33. The lowest BCUT2D eigenvalue weighted by Gasteiger charge is -2.04. The van der Waals surface area contributed by atoms with Crippen molar-refractivity contribution >= 4 is 34.2 Å². The molecule has 0 atom stereocenters. The van der Waals surface area contributed by atoms with E-state index in [4.69, 9.17) is 0 Å². The van der Waals surface area contributed by atoms with E-state index in [1.54, 1.807) is 16.7 Å². The van der Waals surface area contributed by atoms with Gasteiger partial charge in [-0.2, -0.15) is 5.26 Å². The summed E-state index contributed by atoms with van der Waals surface area (Å²) in [5.74, 6) is -0.932. The van der Waals surface area contributed by atoms with E-state index < -0.39 is 5.97 Å². The van der Waals surface area contributed by atoms with Crippen LogP contribution in [0.3, 0.4) is 0 Å². The number of thiophene rings is 2. The number of carbonyl (C=O) groups is 1. The standard InChI is InChI=1S/C14H9NO2S2/c1-2-7(5-15)10-8-3-4-18-12(8)13-11(10)9(6-19-13)14(16)17/h3-4,6H,2H2,1H3,(H,16,17). The number of hydrogen-bond acceptors (Lipinski definition) is 4. The van der Waals surface area contributed by atoms with Crippen molar-refractivity contribution in [2.75, 3.05) is 0 Å². The molecule has 2 aromatic heterocycles. The molecule has 0 unspecified atom stereocenters. The van der Waals surface area contributed by atoms with Gasteiger partial charge in [0.05, 0.1) is 21.4 Å². The number of allylic oxidation sites excluding steroid dienone is 1. The van der Waals surface area contributed by atoms with Crippen LogP contribution in [0.15, 0.2) is 22.4 Å². The fourth-order valence-electron chi connectivity index (χ4n) is 2.37. The fourth-order valence-corrected chi connectivity index (χ4v) is 4.51. The number of hydrogen-bond donors (Lipinski definition) is 1. The number of nitriles is 1. The third kappa shape index (κ3) is 1.57. The molecule has 0 saturated carbocycles. The lowest BCUT2D eigenvalue weighted by Crippen LogP contribution is -1.99. The average Bonchev–Trinajstić information content (AvgIpc) is 3.04. The first-order valence-corrected chi connectivity index (χ1v) is 7.51. The first-order valence-electron chi connectivity index (χ1n) is 5.75. The van der Waals surface area contributed by atoms with Crippen molar-refractivity contribution in [2.45, 2.75) is 13.3 Å². The molecule has 5 heteroatoms. The zero-order valence-corrected chi connectivity index (χ0v) is 11.7. The minimum atomic E-state index is -0.932. The maximum Gasteiger partial charge on any atom is 0.337 e. The quantitative estimate of drug-likeness (QED) is 0.718. The van der Waals surface area contributed by atoms with Gasteiger partial charge in [0.2, 0.25) is 0 Å². The van der Waals surface area contributed by atoms with Crippen LogP contribution < -0.4 is 0 Å². The van der Waals surface area contributed by atoms with Gasteiger partial charge >= 0.3 is 5.97 Å². The number of carboxylic acids is 1. The van der Waals surface area contributed by atoms with Gasteiger partial charge in [-0.25, -0.2) is 4.79 Å². The Kier molecular flexibility index (Phi) is 2.77. The van der Waals surface area contributed by atoms with Gasteiger partial charge in [-0.1, -0.05) is 6.92 Å². The largest absolute Gasteiger partial charge is 0.478 e. The van der Waals surface area contributed by atoms with Crippen molar-refractivity contribution in [1.29, 1.82) is 5.26 Å². The molecule has 3 rings (SSSR count). The highest BCUT2D eigenvalue weighted by molar-refractivity contribution is 7.21. The number of carboxylic acid groups (broad SMARTS) is 1. The summed E-state index contributed by atoms with van der Waals surface area (Å²) in [7, 11) is 0. The van der Waals surface area contributed by atoms with Gasteiger partial charge in [-0.05, 0) is 17.9 Å². The molecule has 0 radical (unpaired) electrons. The molecule has 0 saturated heterocycles. The summed E-state index contributed by atoms with van der Waals surface area (Å²) in [4.78, 5) is 13.4. The smallest absolute Gasteiger partial charge is 0.337 e. The summed E-state index contributed by atoms with van der Waals surface area (Å²) >= 11 is 3.04. The molecule has 0 fully saturated rings. The molecule has 19 heavy (non-hydrogen) atoms. The molecule has 0 spiro atoms. The van der Waals surface area contributed by atoms with Crippen LogP contribution in [0.4, 0.5) is 0 Å². The van der Waals surface area contributed by atoms with Crippen molar-refractivity contribution in [2.24, 2.45) is 0 Å². The lowest BCUT2D eigenvalue weighted by atomic mass is 9.96.